The van der Waals surface area contributed by atoms with Gasteiger partial charge in [0.05, 0.1) is 6.04 Å². The van der Waals surface area contributed by atoms with Crippen LogP contribution in [0.1, 0.15) is 24.3 Å². The van der Waals surface area contributed by atoms with Crippen molar-refractivity contribution in [3.05, 3.63) is 22.4 Å². The van der Waals surface area contributed by atoms with Crippen LogP contribution < -0.4 is 5.32 Å². The predicted molar refractivity (Wildman–Crippen MR) is 61.6 cm³/mol. The number of thiophene rings is 1. The summed E-state index contributed by atoms with van der Waals surface area (Å²) in [6.45, 7) is 3.49. The van der Waals surface area contributed by atoms with Crippen LogP contribution in [0, 0.1) is 0 Å². The molecule has 2 atom stereocenters. The Morgan fingerprint density at radius 3 is 3.23 bits per heavy atom. The molecule has 0 amide bonds. The fourth-order valence-corrected chi connectivity index (χ4v) is 3.77. The molecule has 3 heteroatoms. The van der Waals surface area contributed by atoms with E-state index in [1.807, 2.05) is 11.3 Å². The lowest BCUT2D eigenvalue weighted by Crippen LogP contribution is -2.26. The molecular formula is C10H15NS2. The summed E-state index contributed by atoms with van der Waals surface area (Å²) >= 11 is 3.96. The fourth-order valence-electron chi connectivity index (χ4n) is 1.66. The van der Waals surface area contributed by atoms with Crippen molar-refractivity contribution in [1.29, 1.82) is 0 Å². The van der Waals surface area contributed by atoms with Gasteiger partial charge in [-0.2, -0.15) is 11.8 Å². The number of hydrogen-bond donors (Lipinski definition) is 1. The molecular weight excluding hydrogens is 198 g/mol. The maximum atomic E-state index is 3.62. The average Bonchev–Trinajstić information content (AvgIpc) is 2.56. The van der Waals surface area contributed by atoms with Gasteiger partial charge < -0.3 is 5.32 Å². The third kappa shape index (κ3) is 2.27. The summed E-state index contributed by atoms with van der Waals surface area (Å²) in [6.07, 6.45) is 1.30. The summed E-state index contributed by atoms with van der Waals surface area (Å²) in [7, 11) is 0. The van der Waals surface area contributed by atoms with Crippen molar-refractivity contribution < 1.29 is 0 Å². The molecule has 2 rings (SSSR count). The smallest absolute Gasteiger partial charge is 0.0532 e. The third-order valence-electron chi connectivity index (χ3n) is 2.39. The zero-order valence-electron chi connectivity index (χ0n) is 7.82. The lowest BCUT2D eigenvalue weighted by molar-refractivity contribution is 0.548. The molecule has 0 aromatic carbocycles. The van der Waals surface area contributed by atoms with Gasteiger partial charge in [0.2, 0.25) is 0 Å². The average molecular weight is 213 g/mol. The molecule has 72 valence electrons. The molecule has 0 spiro atoms. The van der Waals surface area contributed by atoms with Gasteiger partial charge in [0.1, 0.15) is 0 Å². The Morgan fingerprint density at radius 1 is 1.54 bits per heavy atom. The van der Waals surface area contributed by atoms with Crippen LogP contribution in [0.5, 0.6) is 0 Å². The molecule has 1 aliphatic rings. The minimum Gasteiger partial charge on any atom is -0.308 e. The molecule has 2 unspecified atom stereocenters. The van der Waals surface area contributed by atoms with Crippen molar-refractivity contribution in [2.45, 2.75) is 24.6 Å². The molecule has 1 nitrogen and oxygen atoms in total. The number of hydrogen-bond acceptors (Lipinski definition) is 3. The van der Waals surface area contributed by atoms with Crippen LogP contribution in [0.2, 0.25) is 0 Å². The maximum Gasteiger partial charge on any atom is 0.0532 e. The molecule has 13 heavy (non-hydrogen) atoms. The monoisotopic (exact) mass is 213 g/mol. The van der Waals surface area contributed by atoms with Crippen molar-refractivity contribution in [1.82, 2.24) is 5.32 Å². The normalized spacial score (nSPS) is 29.9. The molecule has 0 bridgehead atoms. The summed E-state index contributed by atoms with van der Waals surface area (Å²) in [4.78, 5) is 1.49. The van der Waals surface area contributed by atoms with Crippen molar-refractivity contribution in [2.75, 3.05) is 12.3 Å². The SMILES string of the molecule is CC1SCCCNC1c1cccs1. The van der Waals surface area contributed by atoms with Crippen LogP contribution in [0.3, 0.4) is 0 Å². The number of nitrogens with one attached hydrogen (secondary N) is 1. The molecule has 0 saturated carbocycles. The fraction of sp³-hybridized carbons (Fsp3) is 0.600. The largest absolute Gasteiger partial charge is 0.308 e. The quantitative estimate of drug-likeness (QED) is 0.770. The number of thioether (sulfide) groups is 1. The highest BCUT2D eigenvalue weighted by atomic mass is 32.2. The highest BCUT2D eigenvalue weighted by molar-refractivity contribution is 7.99. The second kappa shape index (κ2) is 4.49. The van der Waals surface area contributed by atoms with Gasteiger partial charge >= 0.3 is 0 Å². The van der Waals surface area contributed by atoms with Crippen LogP contribution in [-0.4, -0.2) is 17.5 Å². The molecule has 1 saturated heterocycles. The molecule has 1 N–H and O–H groups in total. The molecule has 1 aromatic rings. The summed E-state index contributed by atoms with van der Waals surface area (Å²) in [5, 5.41) is 6.50. The van der Waals surface area contributed by atoms with E-state index in [1.165, 1.54) is 23.6 Å². The summed E-state index contributed by atoms with van der Waals surface area (Å²) in [5.74, 6) is 1.30. The summed E-state index contributed by atoms with van der Waals surface area (Å²) in [5.41, 5.74) is 0. The molecule has 2 heterocycles. The zero-order chi connectivity index (χ0) is 9.10. The summed E-state index contributed by atoms with van der Waals surface area (Å²) < 4.78 is 0. The van der Waals surface area contributed by atoms with Gasteiger partial charge in [0.25, 0.3) is 0 Å². The van der Waals surface area contributed by atoms with Crippen molar-refractivity contribution in [3.8, 4) is 0 Å². The van der Waals surface area contributed by atoms with E-state index in [4.69, 9.17) is 0 Å². The van der Waals surface area contributed by atoms with E-state index in [2.05, 4.69) is 41.5 Å². The van der Waals surface area contributed by atoms with Gasteiger partial charge in [-0.05, 0) is 30.2 Å². The molecule has 0 aliphatic carbocycles. The first kappa shape index (κ1) is 9.56. The van der Waals surface area contributed by atoms with Gasteiger partial charge in [0, 0.05) is 10.1 Å². The Labute approximate surface area is 87.9 Å². The second-order valence-electron chi connectivity index (χ2n) is 3.38. The Morgan fingerprint density at radius 2 is 2.46 bits per heavy atom. The number of rotatable bonds is 1. The molecule has 1 fully saturated rings. The Hall–Kier alpha value is 0.01000. The van der Waals surface area contributed by atoms with Gasteiger partial charge in [-0.25, -0.2) is 0 Å². The lowest BCUT2D eigenvalue weighted by atomic mass is 10.2. The van der Waals surface area contributed by atoms with Gasteiger partial charge in [0.15, 0.2) is 0 Å². The van der Waals surface area contributed by atoms with E-state index < -0.39 is 0 Å². The first-order chi connectivity index (χ1) is 6.38. The topological polar surface area (TPSA) is 12.0 Å². The van der Waals surface area contributed by atoms with E-state index in [-0.39, 0.29) is 0 Å². The van der Waals surface area contributed by atoms with Crippen molar-refractivity contribution >= 4 is 23.1 Å². The standard InChI is InChI=1S/C10H15NS2/c1-8-10(9-4-2-6-13-9)11-5-3-7-12-8/h2,4,6,8,10-11H,3,5,7H2,1H3. The van der Waals surface area contributed by atoms with E-state index in [1.54, 1.807) is 0 Å². The van der Waals surface area contributed by atoms with Crippen LogP contribution in [-0.2, 0) is 0 Å². The van der Waals surface area contributed by atoms with Gasteiger partial charge in [-0.3, -0.25) is 0 Å². The highest BCUT2D eigenvalue weighted by Crippen LogP contribution is 2.31. The Kier molecular flexibility index (Phi) is 3.30. The van der Waals surface area contributed by atoms with Crippen LogP contribution >= 0.6 is 23.1 Å². The van der Waals surface area contributed by atoms with E-state index in [9.17, 15) is 0 Å². The van der Waals surface area contributed by atoms with Crippen LogP contribution in [0.4, 0.5) is 0 Å². The highest BCUT2D eigenvalue weighted by Gasteiger charge is 2.21. The maximum absolute atomic E-state index is 3.62. The third-order valence-corrected chi connectivity index (χ3v) is 4.66. The Bertz CT molecular complexity index is 245. The first-order valence-corrected chi connectivity index (χ1v) is 6.69. The van der Waals surface area contributed by atoms with Crippen molar-refractivity contribution in [3.63, 3.8) is 0 Å². The van der Waals surface area contributed by atoms with E-state index >= 15 is 0 Å². The summed E-state index contributed by atoms with van der Waals surface area (Å²) in [6, 6.07) is 4.96. The minimum atomic E-state index is 0.576. The van der Waals surface area contributed by atoms with Crippen LogP contribution in [0.25, 0.3) is 0 Å². The first-order valence-electron chi connectivity index (χ1n) is 4.76. The predicted octanol–water partition coefficient (Wildman–Crippen LogP) is 2.90. The van der Waals surface area contributed by atoms with Crippen LogP contribution in [0.15, 0.2) is 17.5 Å². The molecule has 1 aliphatic heterocycles. The second-order valence-corrected chi connectivity index (χ2v) is 5.84. The molecule has 1 aromatic heterocycles. The lowest BCUT2D eigenvalue weighted by Gasteiger charge is -2.20. The molecule has 0 radical (unpaired) electrons. The zero-order valence-corrected chi connectivity index (χ0v) is 9.46. The van der Waals surface area contributed by atoms with E-state index in [0.29, 0.717) is 11.3 Å². The van der Waals surface area contributed by atoms with Gasteiger partial charge in [-0.1, -0.05) is 13.0 Å². The van der Waals surface area contributed by atoms with E-state index in [0.717, 1.165) is 0 Å². The minimum absolute atomic E-state index is 0.576. The van der Waals surface area contributed by atoms with Gasteiger partial charge in [-0.15, -0.1) is 11.3 Å². The van der Waals surface area contributed by atoms with Crippen molar-refractivity contribution in [2.24, 2.45) is 0 Å². The Balaban J connectivity index is 2.11.